The van der Waals surface area contributed by atoms with Crippen LogP contribution in [0.2, 0.25) is 0 Å². The van der Waals surface area contributed by atoms with Gasteiger partial charge in [-0.25, -0.2) is 9.18 Å². The minimum Gasteiger partial charge on any atom is -0.422 e. The van der Waals surface area contributed by atoms with E-state index in [0.29, 0.717) is 16.7 Å². The Morgan fingerprint density at radius 2 is 1.88 bits per heavy atom. The first-order valence-electron chi connectivity index (χ1n) is 9.94. The number of hydrogen-bond donors (Lipinski definition) is 0. The number of hydrogen-bond acceptors (Lipinski definition) is 5. The number of alkyl halides is 3. The van der Waals surface area contributed by atoms with Crippen molar-refractivity contribution >= 4 is 39.6 Å². The fraction of sp³-hybridized carbons (Fsp3) is 0.182. The maximum absolute atomic E-state index is 14.6. The third-order valence-electron chi connectivity index (χ3n) is 5.48. The molecular formula is C22H13BrF4N4O3. The minimum atomic E-state index is -4.66. The van der Waals surface area contributed by atoms with E-state index >= 15 is 0 Å². The topological polar surface area (TPSA) is 77.3 Å². The van der Waals surface area contributed by atoms with Gasteiger partial charge in [-0.05, 0) is 42.0 Å². The molecule has 3 aromatic rings. The Labute approximate surface area is 197 Å². The summed E-state index contributed by atoms with van der Waals surface area (Å²) in [6.45, 7) is -0.488. The van der Waals surface area contributed by atoms with E-state index in [9.17, 15) is 27.2 Å². The van der Waals surface area contributed by atoms with Crippen molar-refractivity contribution in [3.05, 3.63) is 80.6 Å². The lowest BCUT2D eigenvalue weighted by molar-refractivity contribution is -0.147. The second kappa shape index (κ2) is 8.05. The van der Waals surface area contributed by atoms with Crippen LogP contribution in [0.25, 0.3) is 11.8 Å². The number of carbonyl (C=O) groups excluding carboxylic acids is 2. The Hall–Kier alpha value is -3.54. The summed E-state index contributed by atoms with van der Waals surface area (Å²) in [5.41, 5.74) is 1.06. The molecule has 2 aliphatic rings. The summed E-state index contributed by atoms with van der Waals surface area (Å²) in [6, 6.07) is 8.85. The van der Waals surface area contributed by atoms with E-state index in [1.165, 1.54) is 23.1 Å². The van der Waals surface area contributed by atoms with Gasteiger partial charge in [0.25, 0.3) is 5.91 Å². The third-order valence-corrected chi connectivity index (χ3v) is 5.98. The zero-order valence-electron chi connectivity index (χ0n) is 17.1. The molecular weight excluding hydrogens is 524 g/mol. The van der Waals surface area contributed by atoms with Crippen LogP contribution in [-0.2, 0) is 24.0 Å². The van der Waals surface area contributed by atoms with E-state index in [2.05, 4.69) is 26.1 Å². The van der Waals surface area contributed by atoms with Crippen LogP contribution in [0.4, 0.5) is 17.6 Å². The smallest absolute Gasteiger partial charge is 0.422 e. The molecule has 12 heteroatoms. The van der Waals surface area contributed by atoms with Crippen molar-refractivity contribution < 1.29 is 31.9 Å². The number of cyclic esters (lactones) is 1. The lowest BCUT2D eigenvalue weighted by atomic mass is 10.0. The van der Waals surface area contributed by atoms with Crippen molar-refractivity contribution in [2.75, 3.05) is 6.54 Å². The van der Waals surface area contributed by atoms with Crippen molar-refractivity contribution in [3.63, 3.8) is 0 Å². The molecule has 0 radical (unpaired) electrons. The SMILES string of the molecule is O=C1OC(=Cc2ccc(F)c(C(=O)N3CCn4c(nnc4C(F)(F)F)C3)c2)c2cc(Br)ccc21. The summed E-state index contributed by atoms with van der Waals surface area (Å²) in [4.78, 5) is 26.3. The third kappa shape index (κ3) is 3.87. The number of amides is 1. The fourth-order valence-electron chi connectivity index (χ4n) is 3.87. The minimum absolute atomic E-state index is 0.0364. The van der Waals surface area contributed by atoms with Crippen molar-refractivity contribution in [2.45, 2.75) is 19.3 Å². The Morgan fingerprint density at radius 3 is 2.65 bits per heavy atom. The molecule has 0 saturated carbocycles. The molecule has 1 amide bonds. The summed E-state index contributed by atoms with van der Waals surface area (Å²) >= 11 is 3.34. The van der Waals surface area contributed by atoms with Gasteiger partial charge in [-0.15, -0.1) is 10.2 Å². The Kier molecular flexibility index (Phi) is 5.27. The van der Waals surface area contributed by atoms with Crippen molar-refractivity contribution in [3.8, 4) is 0 Å². The number of benzene rings is 2. The molecule has 7 nitrogen and oxygen atoms in total. The first-order chi connectivity index (χ1) is 16.1. The van der Waals surface area contributed by atoms with Crippen LogP contribution >= 0.6 is 15.9 Å². The van der Waals surface area contributed by atoms with Gasteiger partial charge in [0.1, 0.15) is 11.6 Å². The van der Waals surface area contributed by atoms with Gasteiger partial charge in [-0.2, -0.15) is 13.2 Å². The number of rotatable bonds is 2. The monoisotopic (exact) mass is 536 g/mol. The van der Waals surface area contributed by atoms with Gasteiger partial charge >= 0.3 is 12.1 Å². The van der Waals surface area contributed by atoms with E-state index < -0.39 is 29.7 Å². The van der Waals surface area contributed by atoms with Crippen LogP contribution in [0.3, 0.4) is 0 Å². The van der Waals surface area contributed by atoms with Crippen LogP contribution in [0.1, 0.15) is 43.5 Å². The first kappa shape index (κ1) is 22.3. The van der Waals surface area contributed by atoms with E-state index in [4.69, 9.17) is 4.74 Å². The normalized spacial score (nSPS) is 16.4. The highest BCUT2D eigenvalue weighted by molar-refractivity contribution is 9.10. The van der Waals surface area contributed by atoms with Crippen LogP contribution in [0.15, 0.2) is 40.9 Å². The predicted molar refractivity (Wildman–Crippen MR) is 114 cm³/mol. The fourth-order valence-corrected chi connectivity index (χ4v) is 4.24. The maximum Gasteiger partial charge on any atom is 0.451 e. The number of nitrogens with zero attached hydrogens (tertiary/aromatic N) is 4. The molecule has 2 aromatic carbocycles. The average molecular weight is 537 g/mol. The van der Waals surface area contributed by atoms with Gasteiger partial charge in [-0.1, -0.05) is 22.0 Å². The molecule has 174 valence electrons. The summed E-state index contributed by atoms with van der Waals surface area (Å²) in [6.07, 6.45) is -3.15. The standard InChI is InChI=1S/C22H13BrF4N4O3/c23-12-2-3-13-14(9-12)17(34-20(13)33)8-11-1-4-16(24)15(7-11)19(32)30-5-6-31-18(10-30)28-29-21(31)22(25,26)27/h1-4,7-9H,5-6,10H2. The highest BCUT2D eigenvalue weighted by Gasteiger charge is 2.40. The van der Waals surface area contributed by atoms with E-state index in [-0.39, 0.29) is 36.8 Å². The molecule has 0 saturated heterocycles. The second-order valence-corrected chi connectivity index (χ2v) is 8.56. The summed E-state index contributed by atoms with van der Waals surface area (Å²) in [5.74, 6) is -2.94. The number of carbonyl (C=O) groups is 2. The number of halogens is 5. The van der Waals surface area contributed by atoms with Crippen LogP contribution in [0, 0.1) is 5.82 Å². The second-order valence-electron chi connectivity index (χ2n) is 7.64. The molecule has 34 heavy (non-hydrogen) atoms. The van der Waals surface area contributed by atoms with Gasteiger partial charge in [-0.3, -0.25) is 4.79 Å². The molecule has 0 N–H and O–H groups in total. The molecule has 0 atom stereocenters. The number of aromatic nitrogens is 3. The number of fused-ring (bicyclic) bond motifs is 2. The predicted octanol–water partition coefficient (Wildman–Crippen LogP) is 4.52. The first-order valence-corrected chi connectivity index (χ1v) is 10.7. The zero-order valence-corrected chi connectivity index (χ0v) is 18.7. The van der Waals surface area contributed by atoms with Gasteiger partial charge < -0.3 is 14.2 Å². The van der Waals surface area contributed by atoms with Crippen molar-refractivity contribution in [1.29, 1.82) is 0 Å². The number of esters is 1. The molecule has 0 unspecified atom stereocenters. The van der Waals surface area contributed by atoms with Crippen molar-refractivity contribution in [2.24, 2.45) is 0 Å². The molecule has 0 bridgehead atoms. The van der Waals surface area contributed by atoms with E-state index in [1.807, 2.05) is 0 Å². The zero-order chi connectivity index (χ0) is 24.2. The highest BCUT2D eigenvalue weighted by Crippen LogP contribution is 2.34. The van der Waals surface area contributed by atoms with Crippen LogP contribution in [0.5, 0.6) is 0 Å². The molecule has 0 spiro atoms. The molecule has 5 rings (SSSR count). The number of ether oxygens (including phenoxy) is 1. The molecule has 1 aromatic heterocycles. The quantitative estimate of drug-likeness (QED) is 0.355. The largest absolute Gasteiger partial charge is 0.451 e. The van der Waals surface area contributed by atoms with E-state index in [0.717, 1.165) is 15.1 Å². The van der Waals surface area contributed by atoms with Gasteiger partial charge in [0.05, 0.1) is 17.7 Å². The van der Waals surface area contributed by atoms with Crippen molar-refractivity contribution in [1.82, 2.24) is 19.7 Å². The lowest BCUT2D eigenvalue weighted by Crippen LogP contribution is -2.39. The lowest BCUT2D eigenvalue weighted by Gasteiger charge is -2.28. The van der Waals surface area contributed by atoms with Crippen LogP contribution < -0.4 is 0 Å². The van der Waals surface area contributed by atoms with Crippen LogP contribution in [-0.4, -0.2) is 38.1 Å². The Bertz CT molecular complexity index is 1380. The van der Waals surface area contributed by atoms with E-state index in [1.54, 1.807) is 18.2 Å². The summed E-state index contributed by atoms with van der Waals surface area (Å²) < 4.78 is 60.6. The summed E-state index contributed by atoms with van der Waals surface area (Å²) in [7, 11) is 0. The maximum atomic E-state index is 14.6. The Balaban J connectivity index is 1.43. The van der Waals surface area contributed by atoms with Gasteiger partial charge in [0, 0.05) is 23.1 Å². The van der Waals surface area contributed by atoms with Gasteiger partial charge in [0.2, 0.25) is 5.82 Å². The molecule has 0 fully saturated rings. The molecule has 3 heterocycles. The molecule has 2 aliphatic heterocycles. The average Bonchev–Trinajstić information content (AvgIpc) is 3.35. The Morgan fingerprint density at radius 1 is 1.09 bits per heavy atom. The highest BCUT2D eigenvalue weighted by atomic mass is 79.9. The van der Waals surface area contributed by atoms with Gasteiger partial charge in [0.15, 0.2) is 5.82 Å². The molecule has 0 aliphatic carbocycles. The summed E-state index contributed by atoms with van der Waals surface area (Å²) in [5, 5.41) is 6.72.